The molecule has 0 unspecified atom stereocenters. The van der Waals surface area contributed by atoms with Gasteiger partial charge in [0.05, 0.1) is 5.69 Å². The Labute approximate surface area is 64.2 Å². The number of halogens is 1. The summed E-state index contributed by atoms with van der Waals surface area (Å²) in [5.74, 6) is 0. The molecule has 3 nitrogen and oxygen atoms in total. The molecule has 0 spiro atoms. The van der Waals surface area contributed by atoms with Crippen LogP contribution in [0.3, 0.4) is 0 Å². The Morgan fingerprint density at radius 3 is 2.70 bits per heavy atom. The van der Waals surface area contributed by atoms with Crippen LogP contribution >= 0.6 is 11.6 Å². The fourth-order valence-electron chi connectivity index (χ4n) is 0.654. The van der Waals surface area contributed by atoms with Crippen LogP contribution in [0.4, 0.5) is 0 Å². The zero-order chi connectivity index (χ0) is 7.40. The predicted octanol–water partition coefficient (Wildman–Crippen LogP) is 0.631. The molecule has 4 heteroatoms. The van der Waals surface area contributed by atoms with Crippen molar-refractivity contribution in [3.05, 3.63) is 23.2 Å². The summed E-state index contributed by atoms with van der Waals surface area (Å²) in [6.07, 6.45) is 3.85. The summed E-state index contributed by atoms with van der Waals surface area (Å²) in [7, 11) is 0. The maximum Gasteiger partial charge on any atom is 0.150 e. The molecule has 0 atom stereocenters. The fourth-order valence-corrected chi connectivity index (χ4v) is 0.854. The Kier molecular flexibility index (Phi) is 2.59. The van der Waals surface area contributed by atoms with E-state index >= 15 is 0 Å². The second-order valence-electron chi connectivity index (χ2n) is 1.83. The van der Waals surface area contributed by atoms with Crippen molar-refractivity contribution in [2.24, 2.45) is 5.73 Å². The number of hydrogen-bond acceptors (Lipinski definition) is 3. The molecule has 0 saturated carbocycles. The largest absolute Gasteiger partial charge is 0.330 e. The van der Waals surface area contributed by atoms with Crippen molar-refractivity contribution in [3.8, 4) is 0 Å². The lowest BCUT2D eigenvalue weighted by atomic mass is 10.3. The second-order valence-corrected chi connectivity index (χ2v) is 2.19. The van der Waals surface area contributed by atoms with Crippen molar-refractivity contribution in [1.29, 1.82) is 0 Å². The van der Waals surface area contributed by atoms with E-state index < -0.39 is 0 Å². The minimum Gasteiger partial charge on any atom is -0.330 e. The molecule has 0 fully saturated rings. The SMILES string of the molecule is NCCc1nccnc1Cl. The van der Waals surface area contributed by atoms with Crippen molar-refractivity contribution in [3.63, 3.8) is 0 Å². The molecule has 0 aliphatic rings. The van der Waals surface area contributed by atoms with Gasteiger partial charge < -0.3 is 5.73 Å². The highest BCUT2D eigenvalue weighted by molar-refractivity contribution is 6.29. The first-order valence-corrected chi connectivity index (χ1v) is 3.38. The summed E-state index contributed by atoms with van der Waals surface area (Å²) < 4.78 is 0. The maximum atomic E-state index is 5.67. The number of nitrogens with two attached hydrogens (primary N) is 1. The average molecular weight is 158 g/mol. The molecule has 0 saturated heterocycles. The van der Waals surface area contributed by atoms with Crippen LogP contribution in [0.5, 0.6) is 0 Å². The number of nitrogens with zero attached hydrogens (tertiary/aromatic N) is 2. The fraction of sp³-hybridized carbons (Fsp3) is 0.333. The Morgan fingerprint density at radius 1 is 1.40 bits per heavy atom. The first-order chi connectivity index (χ1) is 4.84. The average Bonchev–Trinajstić information content (AvgIpc) is 1.94. The molecule has 0 aliphatic heterocycles. The van der Waals surface area contributed by atoms with E-state index in [4.69, 9.17) is 17.3 Å². The third-order valence-corrected chi connectivity index (χ3v) is 1.42. The van der Waals surface area contributed by atoms with Crippen LogP contribution in [0.15, 0.2) is 12.4 Å². The molecule has 0 amide bonds. The van der Waals surface area contributed by atoms with Crippen molar-refractivity contribution >= 4 is 11.6 Å². The second kappa shape index (κ2) is 3.49. The minimum atomic E-state index is 0.452. The summed E-state index contributed by atoms with van der Waals surface area (Å²) >= 11 is 5.67. The third kappa shape index (κ3) is 1.65. The molecule has 0 aromatic carbocycles. The van der Waals surface area contributed by atoms with Gasteiger partial charge in [-0.1, -0.05) is 11.6 Å². The van der Waals surface area contributed by atoms with E-state index in [9.17, 15) is 0 Å². The van der Waals surface area contributed by atoms with Crippen LogP contribution in [0.2, 0.25) is 5.15 Å². The minimum absolute atomic E-state index is 0.452. The summed E-state index contributed by atoms with van der Waals surface area (Å²) in [6.45, 7) is 0.554. The Bertz CT molecular complexity index is 214. The van der Waals surface area contributed by atoms with Gasteiger partial charge in [-0.15, -0.1) is 0 Å². The van der Waals surface area contributed by atoms with E-state index in [1.54, 1.807) is 12.4 Å². The van der Waals surface area contributed by atoms with Crippen LogP contribution in [-0.2, 0) is 6.42 Å². The van der Waals surface area contributed by atoms with E-state index in [1.165, 1.54) is 0 Å². The number of rotatable bonds is 2. The molecule has 1 rings (SSSR count). The number of aromatic nitrogens is 2. The van der Waals surface area contributed by atoms with Gasteiger partial charge in [0.2, 0.25) is 0 Å². The first kappa shape index (κ1) is 7.44. The zero-order valence-corrected chi connectivity index (χ0v) is 6.17. The van der Waals surface area contributed by atoms with Gasteiger partial charge in [0.15, 0.2) is 5.15 Å². The van der Waals surface area contributed by atoms with Gasteiger partial charge >= 0.3 is 0 Å². The Hall–Kier alpha value is -0.670. The standard InChI is InChI=1S/C6H8ClN3/c7-6-5(1-2-8)9-3-4-10-6/h3-4H,1-2,8H2. The molecule has 54 valence electrons. The van der Waals surface area contributed by atoms with Crippen molar-refractivity contribution in [2.45, 2.75) is 6.42 Å². The lowest BCUT2D eigenvalue weighted by molar-refractivity contribution is 0.908. The molecule has 1 aromatic rings. The molecule has 1 heterocycles. The monoisotopic (exact) mass is 157 g/mol. The van der Waals surface area contributed by atoms with E-state index in [2.05, 4.69) is 9.97 Å². The van der Waals surface area contributed by atoms with E-state index in [-0.39, 0.29) is 0 Å². The summed E-state index contributed by atoms with van der Waals surface area (Å²) in [5.41, 5.74) is 6.07. The molecule has 0 radical (unpaired) electrons. The molecule has 0 bridgehead atoms. The molecule has 2 N–H and O–H groups in total. The normalized spacial score (nSPS) is 9.80. The quantitative estimate of drug-likeness (QED) is 0.685. The lowest BCUT2D eigenvalue weighted by Gasteiger charge is -1.96. The van der Waals surface area contributed by atoms with Gasteiger partial charge in [-0.3, -0.25) is 4.98 Å². The van der Waals surface area contributed by atoms with Gasteiger partial charge in [-0.2, -0.15) is 0 Å². The maximum absolute atomic E-state index is 5.67. The summed E-state index contributed by atoms with van der Waals surface area (Å²) in [6, 6.07) is 0. The van der Waals surface area contributed by atoms with E-state index in [0.717, 1.165) is 5.69 Å². The van der Waals surface area contributed by atoms with Crippen LogP contribution in [0.1, 0.15) is 5.69 Å². The van der Waals surface area contributed by atoms with Crippen molar-refractivity contribution in [2.75, 3.05) is 6.54 Å². The molecular formula is C6H8ClN3. The van der Waals surface area contributed by atoms with Gasteiger partial charge in [0.1, 0.15) is 0 Å². The Balaban J connectivity index is 2.81. The first-order valence-electron chi connectivity index (χ1n) is 3.00. The van der Waals surface area contributed by atoms with Crippen molar-refractivity contribution < 1.29 is 0 Å². The van der Waals surface area contributed by atoms with Crippen LogP contribution < -0.4 is 5.73 Å². The van der Waals surface area contributed by atoms with Gasteiger partial charge in [0.25, 0.3) is 0 Å². The predicted molar refractivity (Wildman–Crippen MR) is 39.8 cm³/mol. The lowest BCUT2D eigenvalue weighted by Crippen LogP contribution is -2.05. The molecule has 0 aliphatic carbocycles. The van der Waals surface area contributed by atoms with Crippen LogP contribution in [0, 0.1) is 0 Å². The van der Waals surface area contributed by atoms with Crippen LogP contribution in [-0.4, -0.2) is 16.5 Å². The highest BCUT2D eigenvalue weighted by Gasteiger charge is 1.98. The molecule has 10 heavy (non-hydrogen) atoms. The van der Waals surface area contributed by atoms with Crippen molar-refractivity contribution in [1.82, 2.24) is 9.97 Å². The van der Waals surface area contributed by atoms with Gasteiger partial charge in [-0.25, -0.2) is 4.98 Å². The topological polar surface area (TPSA) is 51.8 Å². The number of hydrogen-bond donors (Lipinski definition) is 1. The molecular weight excluding hydrogens is 150 g/mol. The summed E-state index contributed by atoms with van der Waals surface area (Å²) in [5, 5.41) is 0.452. The van der Waals surface area contributed by atoms with Gasteiger partial charge in [0, 0.05) is 18.8 Å². The highest BCUT2D eigenvalue weighted by atomic mass is 35.5. The molecule has 1 aromatic heterocycles. The Morgan fingerprint density at radius 2 is 2.10 bits per heavy atom. The van der Waals surface area contributed by atoms with Gasteiger partial charge in [-0.05, 0) is 6.54 Å². The van der Waals surface area contributed by atoms with E-state index in [1.807, 2.05) is 0 Å². The zero-order valence-electron chi connectivity index (χ0n) is 5.42. The third-order valence-electron chi connectivity index (χ3n) is 1.10. The van der Waals surface area contributed by atoms with E-state index in [0.29, 0.717) is 18.1 Å². The smallest absolute Gasteiger partial charge is 0.150 e. The summed E-state index contributed by atoms with van der Waals surface area (Å²) in [4.78, 5) is 7.84. The highest BCUT2D eigenvalue weighted by Crippen LogP contribution is 2.07. The van der Waals surface area contributed by atoms with Crippen LogP contribution in [0.25, 0.3) is 0 Å².